The normalized spacial score (nSPS) is 25.5. The molecule has 1 aliphatic rings. The summed E-state index contributed by atoms with van der Waals surface area (Å²) in [5.41, 5.74) is 0.155. The zero-order valence-corrected chi connectivity index (χ0v) is 19.2. The highest BCUT2D eigenvalue weighted by molar-refractivity contribution is 6.74. The molecule has 0 aromatic heterocycles. The van der Waals surface area contributed by atoms with E-state index in [4.69, 9.17) is 18.6 Å². The van der Waals surface area contributed by atoms with Crippen LogP contribution in [-0.4, -0.2) is 40.2 Å². The Balaban J connectivity index is 2.09. The van der Waals surface area contributed by atoms with Gasteiger partial charge in [-0.1, -0.05) is 39.0 Å². The van der Waals surface area contributed by atoms with Crippen molar-refractivity contribution in [3.05, 3.63) is 42.5 Å². The average molecular weight is 407 g/mol. The second kappa shape index (κ2) is 8.39. The molecule has 1 aliphatic heterocycles. The van der Waals surface area contributed by atoms with Gasteiger partial charge in [-0.3, -0.25) is 4.79 Å². The number of carbonyl (C=O) groups is 1. The summed E-state index contributed by atoms with van der Waals surface area (Å²) >= 11 is 0. The average Bonchev–Trinajstić information content (AvgIpc) is 2.86. The van der Waals surface area contributed by atoms with E-state index < -0.39 is 25.9 Å². The monoisotopic (exact) mass is 406 g/mol. The molecule has 0 radical (unpaired) electrons. The third-order valence-electron chi connectivity index (χ3n) is 5.99. The van der Waals surface area contributed by atoms with Gasteiger partial charge in [0.25, 0.3) is 0 Å². The maximum Gasteiger partial charge on any atom is 0.318 e. The van der Waals surface area contributed by atoms with Gasteiger partial charge in [0, 0.05) is 0 Å². The van der Waals surface area contributed by atoms with Crippen LogP contribution in [0, 0.1) is 5.41 Å². The molecule has 0 unspecified atom stereocenters. The van der Waals surface area contributed by atoms with Crippen molar-refractivity contribution < 1.29 is 23.4 Å². The van der Waals surface area contributed by atoms with Crippen LogP contribution >= 0.6 is 0 Å². The lowest BCUT2D eigenvalue weighted by Crippen LogP contribution is -2.51. The minimum Gasteiger partial charge on any atom is -0.497 e. The molecule has 1 aromatic carbocycles. The number of cyclic esters (lactones) is 1. The summed E-state index contributed by atoms with van der Waals surface area (Å²) in [4.78, 5) is 12.6. The number of ether oxygens (including phenoxy) is 3. The fourth-order valence-corrected chi connectivity index (χ4v) is 4.24. The minimum atomic E-state index is -2.11. The Bertz CT molecular complexity index is 692. The zero-order chi connectivity index (χ0) is 21.2. The van der Waals surface area contributed by atoms with Crippen LogP contribution in [0.5, 0.6) is 5.75 Å². The van der Waals surface area contributed by atoms with Crippen LogP contribution in [0.3, 0.4) is 0 Å². The molecule has 3 atom stereocenters. The first-order chi connectivity index (χ1) is 12.9. The highest BCUT2D eigenvalue weighted by Crippen LogP contribution is 2.44. The number of rotatable bonds is 8. The summed E-state index contributed by atoms with van der Waals surface area (Å²) in [5.74, 6) is 0.502. The lowest BCUT2D eigenvalue weighted by Gasteiger charge is -2.41. The topological polar surface area (TPSA) is 54.0 Å². The van der Waals surface area contributed by atoms with Crippen molar-refractivity contribution in [1.82, 2.24) is 0 Å². The van der Waals surface area contributed by atoms with E-state index in [9.17, 15) is 4.79 Å². The maximum atomic E-state index is 12.6. The van der Waals surface area contributed by atoms with Crippen LogP contribution in [-0.2, 0) is 25.3 Å². The third-order valence-corrected chi connectivity index (χ3v) is 10.4. The molecular formula is C22H34O5Si. The van der Waals surface area contributed by atoms with Crippen molar-refractivity contribution in [3.8, 4) is 5.75 Å². The van der Waals surface area contributed by atoms with E-state index in [0.29, 0.717) is 6.61 Å². The van der Waals surface area contributed by atoms with E-state index in [1.165, 1.54) is 0 Å². The minimum absolute atomic E-state index is 0.0230. The zero-order valence-electron chi connectivity index (χ0n) is 18.2. The van der Waals surface area contributed by atoms with Gasteiger partial charge < -0.3 is 18.6 Å². The smallest absolute Gasteiger partial charge is 0.318 e. The number of hydrogen-bond acceptors (Lipinski definition) is 5. The molecule has 0 saturated carbocycles. The molecule has 0 aliphatic carbocycles. The van der Waals surface area contributed by atoms with Crippen molar-refractivity contribution in [2.45, 2.75) is 64.6 Å². The van der Waals surface area contributed by atoms with Gasteiger partial charge in [-0.15, -0.1) is 6.58 Å². The first kappa shape index (κ1) is 22.7. The number of esters is 1. The Kier molecular flexibility index (Phi) is 6.79. The van der Waals surface area contributed by atoms with Crippen LogP contribution in [0.4, 0.5) is 0 Å². The summed E-state index contributed by atoms with van der Waals surface area (Å²) < 4.78 is 23.3. The largest absolute Gasteiger partial charge is 0.497 e. The highest BCUT2D eigenvalue weighted by atomic mass is 28.4. The lowest BCUT2D eigenvalue weighted by molar-refractivity contribution is -0.148. The predicted octanol–water partition coefficient (Wildman–Crippen LogP) is 4.72. The van der Waals surface area contributed by atoms with E-state index in [-0.39, 0.29) is 17.6 Å². The number of hydrogen-bond donors (Lipinski definition) is 0. The van der Waals surface area contributed by atoms with Crippen molar-refractivity contribution in [2.24, 2.45) is 5.41 Å². The van der Waals surface area contributed by atoms with Crippen LogP contribution in [0.15, 0.2) is 36.9 Å². The van der Waals surface area contributed by atoms with Gasteiger partial charge in [-0.25, -0.2) is 0 Å². The van der Waals surface area contributed by atoms with Crippen LogP contribution in [0.25, 0.3) is 0 Å². The lowest BCUT2D eigenvalue weighted by atomic mass is 9.84. The van der Waals surface area contributed by atoms with Gasteiger partial charge in [0.2, 0.25) is 0 Å². The molecule has 2 rings (SSSR count). The fraction of sp³-hybridized carbons (Fsp3) is 0.591. The summed E-state index contributed by atoms with van der Waals surface area (Å²) in [6.07, 6.45) is 0.786. The molecule has 6 heteroatoms. The van der Waals surface area contributed by atoms with E-state index in [1.807, 2.05) is 31.2 Å². The Labute approximate surface area is 170 Å². The van der Waals surface area contributed by atoms with E-state index in [0.717, 1.165) is 11.3 Å². The molecule has 1 fully saturated rings. The highest BCUT2D eigenvalue weighted by Gasteiger charge is 2.56. The van der Waals surface area contributed by atoms with Gasteiger partial charge in [0.1, 0.15) is 17.3 Å². The number of carbonyl (C=O) groups excluding carboxylic acids is 1. The van der Waals surface area contributed by atoms with Crippen molar-refractivity contribution in [1.29, 1.82) is 0 Å². The Morgan fingerprint density at radius 2 is 1.86 bits per heavy atom. The van der Waals surface area contributed by atoms with E-state index >= 15 is 0 Å². The third kappa shape index (κ3) is 4.67. The SMILES string of the molecule is C=C[C@@]1(C)C(=O)O[C@H](COCc2ccc(OC)cc2)[C@H]1O[Si](C)(C)C(C)(C)C. The van der Waals surface area contributed by atoms with Crippen LogP contribution in [0.2, 0.25) is 18.1 Å². The number of methoxy groups -OCH3 is 1. The van der Waals surface area contributed by atoms with E-state index in [2.05, 4.69) is 40.4 Å². The first-order valence-corrected chi connectivity index (χ1v) is 12.6. The predicted molar refractivity (Wildman–Crippen MR) is 113 cm³/mol. The Morgan fingerprint density at radius 3 is 2.36 bits per heavy atom. The van der Waals surface area contributed by atoms with Crippen molar-refractivity contribution >= 4 is 14.3 Å². The van der Waals surface area contributed by atoms with Crippen LogP contribution in [0.1, 0.15) is 33.3 Å². The van der Waals surface area contributed by atoms with Gasteiger partial charge >= 0.3 is 5.97 Å². The van der Waals surface area contributed by atoms with Crippen LogP contribution < -0.4 is 4.74 Å². The standard InChI is InChI=1S/C22H34O5Si/c1-9-22(5)19(27-28(7,8)21(2,3)4)18(26-20(22)23)15-25-14-16-10-12-17(24-6)13-11-16/h9-13,18-19H,1,14-15H2,2-8H3/t18-,19-,22-/m1/s1. The first-order valence-electron chi connectivity index (χ1n) is 9.68. The van der Waals surface area contributed by atoms with Crippen molar-refractivity contribution in [3.63, 3.8) is 0 Å². The maximum absolute atomic E-state index is 12.6. The summed E-state index contributed by atoms with van der Waals surface area (Å²) in [5, 5.41) is 0.0230. The molecular weight excluding hydrogens is 372 g/mol. The van der Waals surface area contributed by atoms with Gasteiger partial charge in [0.15, 0.2) is 14.4 Å². The Morgan fingerprint density at radius 1 is 1.25 bits per heavy atom. The molecule has 0 N–H and O–H groups in total. The molecule has 0 amide bonds. The summed E-state index contributed by atoms with van der Waals surface area (Å²) in [6, 6.07) is 7.70. The molecule has 156 valence electrons. The summed E-state index contributed by atoms with van der Waals surface area (Å²) in [7, 11) is -0.472. The second-order valence-electron chi connectivity index (χ2n) is 9.09. The molecule has 28 heavy (non-hydrogen) atoms. The van der Waals surface area contributed by atoms with Gasteiger partial charge in [-0.05, 0) is 42.8 Å². The molecule has 5 nitrogen and oxygen atoms in total. The number of benzene rings is 1. The molecule has 0 spiro atoms. The van der Waals surface area contributed by atoms with E-state index in [1.54, 1.807) is 13.2 Å². The molecule has 1 heterocycles. The molecule has 1 aromatic rings. The van der Waals surface area contributed by atoms with Gasteiger partial charge in [0.05, 0.1) is 20.3 Å². The molecule has 1 saturated heterocycles. The molecule has 0 bridgehead atoms. The fourth-order valence-electron chi connectivity index (χ4n) is 2.86. The summed E-state index contributed by atoms with van der Waals surface area (Å²) in [6.45, 7) is 17.3. The quantitative estimate of drug-likeness (QED) is 0.355. The second-order valence-corrected chi connectivity index (χ2v) is 13.8. The van der Waals surface area contributed by atoms with Crippen molar-refractivity contribution in [2.75, 3.05) is 13.7 Å². The van der Waals surface area contributed by atoms with Gasteiger partial charge in [-0.2, -0.15) is 0 Å². The Hall–Kier alpha value is -1.63.